The summed E-state index contributed by atoms with van der Waals surface area (Å²) in [6.07, 6.45) is 4.06. The fourth-order valence-electron chi connectivity index (χ4n) is 4.97. The summed E-state index contributed by atoms with van der Waals surface area (Å²) >= 11 is 0. The average Bonchev–Trinajstić information content (AvgIpc) is 3.51. The van der Waals surface area contributed by atoms with Crippen molar-refractivity contribution in [2.24, 2.45) is 0 Å². The van der Waals surface area contributed by atoms with E-state index in [0.717, 1.165) is 28.8 Å². The second kappa shape index (κ2) is 8.43. The topological polar surface area (TPSA) is 84.0 Å². The van der Waals surface area contributed by atoms with E-state index in [1.54, 1.807) is 30.4 Å². The molecule has 0 saturated carbocycles. The highest BCUT2D eigenvalue weighted by Gasteiger charge is 2.34. The molecule has 0 fully saturated rings. The van der Waals surface area contributed by atoms with Gasteiger partial charge >= 0.3 is 0 Å². The molecule has 176 valence electrons. The normalized spacial score (nSPS) is 16.6. The molecular weight excluding hydrogens is 444 g/mol. The number of hydrogen-bond acceptors (Lipinski definition) is 5. The van der Waals surface area contributed by atoms with Gasteiger partial charge in [0.25, 0.3) is 0 Å². The van der Waals surface area contributed by atoms with Gasteiger partial charge in [0, 0.05) is 29.2 Å². The van der Waals surface area contributed by atoms with Crippen molar-refractivity contribution in [2.45, 2.75) is 12.5 Å². The van der Waals surface area contributed by atoms with Gasteiger partial charge < -0.3 is 29.2 Å². The number of amides is 1. The molecule has 7 heteroatoms. The summed E-state index contributed by atoms with van der Waals surface area (Å²) in [5.74, 6) is 1.70. The molecule has 7 nitrogen and oxygen atoms in total. The maximum atomic E-state index is 13.5. The van der Waals surface area contributed by atoms with Gasteiger partial charge in [0.15, 0.2) is 23.0 Å². The van der Waals surface area contributed by atoms with Crippen LogP contribution in [0.3, 0.4) is 0 Å². The lowest BCUT2D eigenvalue weighted by Gasteiger charge is -2.35. The number of ether oxygens (including phenoxy) is 3. The predicted molar refractivity (Wildman–Crippen MR) is 132 cm³/mol. The zero-order chi connectivity index (χ0) is 23.9. The number of rotatable bonds is 4. The van der Waals surface area contributed by atoms with Crippen LogP contribution in [0.15, 0.2) is 66.7 Å². The summed E-state index contributed by atoms with van der Waals surface area (Å²) < 4.78 is 16.3. The number of aromatic nitrogens is 1. The first-order chi connectivity index (χ1) is 17.1. The van der Waals surface area contributed by atoms with Crippen LogP contribution < -0.4 is 14.2 Å². The molecule has 1 atom stereocenters. The number of carbonyl (C=O) groups is 1. The van der Waals surface area contributed by atoms with Gasteiger partial charge in [-0.3, -0.25) is 4.79 Å². The van der Waals surface area contributed by atoms with E-state index >= 15 is 0 Å². The highest BCUT2D eigenvalue weighted by molar-refractivity contribution is 5.93. The quantitative estimate of drug-likeness (QED) is 0.421. The van der Waals surface area contributed by atoms with Crippen LogP contribution in [0.4, 0.5) is 0 Å². The number of aromatic hydroxyl groups is 1. The van der Waals surface area contributed by atoms with Crippen LogP contribution in [0.1, 0.15) is 28.4 Å². The standard InChI is InChI=1S/C28H24N2O5/c1-33-24-14-17(6-9-22(24)31)7-11-26(32)30-13-12-20-19-4-2-3-5-21(19)29-27(20)28(30)18-8-10-23-25(15-18)35-16-34-23/h2-11,14-15,28-29,31H,12-13,16H2,1H3. The summed E-state index contributed by atoms with van der Waals surface area (Å²) in [7, 11) is 1.50. The molecule has 0 aliphatic carbocycles. The van der Waals surface area contributed by atoms with Gasteiger partial charge in [0.2, 0.25) is 12.7 Å². The van der Waals surface area contributed by atoms with E-state index in [-0.39, 0.29) is 24.5 Å². The lowest BCUT2D eigenvalue weighted by molar-refractivity contribution is -0.128. The Bertz CT molecular complexity index is 1470. The zero-order valence-electron chi connectivity index (χ0n) is 19.2. The number of aromatic amines is 1. The number of H-pyrrole nitrogens is 1. The molecule has 6 rings (SSSR count). The first kappa shape index (κ1) is 21.2. The van der Waals surface area contributed by atoms with E-state index in [4.69, 9.17) is 14.2 Å². The maximum absolute atomic E-state index is 13.5. The van der Waals surface area contributed by atoms with Crippen molar-refractivity contribution in [2.75, 3.05) is 20.4 Å². The van der Waals surface area contributed by atoms with Gasteiger partial charge in [0.05, 0.1) is 13.2 Å². The van der Waals surface area contributed by atoms with Crippen molar-refractivity contribution in [1.82, 2.24) is 9.88 Å². The average molecular weight is 469 g/mol. The third-order valence-corrected chi connectivity index (χ3v) is 6.65. The minimum atomic E-state index is -0.299. The minimum absolute atomic E-state index is 0.0567. The lowest BCUT2D eigenvalue weighted by Crippen LogP contribution is -2.39. The number of nitrogens with zero attached hydrogens (tertiary/aromatic N) is 1. The molecule has 3 aromatic carbocycles. The van der Waals surface area contributed by atoms with Crippen LogP contribution in [0, 0.1) is 0 Å². The molecule has 0 bridgehead atoms. The number of fused-ring (bicyclic) bond motifs is 4. The van der Waals surface area contributed by atoms with E-state index in [0.29, 0.717) is 23.8 Å². The van der Waals surface area contributed by atoms with Gasteiger partial charge in [-0.25, -0.2) is 0 Å². The van der Waals surface area contributed by atoms with Gasteiger partial charge in [-0.05, 0) is 59.5 Å². The van der Waals surface area contributed by atoms with Crippen molar-refractivity contribution in [3.63, 3.8) is 0 Å². The molecule has 4 aromatic rings. The molecule has 0 spiro atoms. The molecular formula is C28H24N2O5. The lowest BCUT2D eigenvalue weighted by atomic mass is 9.92. The van der Waals surface area contributed by atoms with Crippen LogP contribution in [0.25, 0.3) is 17.0 Å². The highest BCUT2D eigenvalue weighted by Crippen LogP contribution is 2.42. The Balaban J connectivity index is 1.40. The first-order valence-electron chi connectivity index (χ1n) is 11.5. The summed E-state index contributed by atoms with van der Waals surface area (Å²) in [6, 6.07) is 18.8. The van der Waals surface area contributed by atoms with Crippen molar-refractivity contribution >= 4 is 22.9 Å². The Morgan fingerprint density at radius 1 is 1.11 bits per heavy atom. The maximum Gasteiger partial charge on any atom is 0.247 e. The Labute approximate surface area is 202 Å². The van der Waals surface area contributed by atoms with Crippen molar-refractivity contribution < 1.29 is 24.1 Å². The number of methoxy groups -OCH3 is 1. The fraction of sp³-hybridized carbons (Fsp3) is 0.179. The largest absolute Gasteiger partial charge is 0.504 e. The number of phenolic OH excluding ortho intramolecular Hbond substituents is 1. The first-order valence-corrected chi connectivity index (χ1v) is 11.5. The van der Waals surface area contributed by atoms with E-state index in [9.17, 15) is 9.90 Å². The Morgan fingerprint density at radius 2 is 1.97 bits per heavy atom. The second-order valence-electron chi connectivity index (χ2n) is 8.62. The predicted octanol–water partition coefficient (Wildman–Crippen LogP) is 4.80. The van der Waals surface area contributed by atoms with Crippen molar-refractivity contribution in [3.05, 3.63) is 89.1 Å². The Kier molecular flexibility index (Phi) is 5.10. The number of carbonyl (C=O) groups excluding carboxylic acids is 1. The number of phenols is 1. The summed E-state index contributed by atoms with van der Waals surface area (Å²) in [5, 5.41) is 11.0. The highest BCUT2D eigenvalue weighted by atomic mass is 16.7. The smallest absolute Gasteiger partial charge is 0.247 e. The fourth-order valence-corrected chi connectivity index (χ4v) is 4.97. The van der Waals surface area contributed by atoms with Gasteiger partial charge in [-0.1, -0.05) is 30.3 Å². The third-order valence-electron chi connectivity index (χ3n) is 6.65. The van der Waals surface area contributed by atoms with E-state index < -0.39 is 0 Å². The monoisotopic (exact) mass is 468 g/mol. The summed E-state index contributed by atoms with van der Waals surface area (Å²) in [4.78, 5) is 19.0. The molecule has 0 saturated heterocycles. The van der Waals surface area contributed by atoms with Crippen LogP contribution in [-0.4, -0.2) is 41.3 Å². The van der Waals surface area contributed by atoms with Gasteiger partial charge in [-0.15, -0.1) is 0 Å². The number of para-hydroxylation sites is 1. The number of benzene rings is 3. The van der Waals surface area contributed by atoms with Gasteiger partial charge in [-0.2, -0.15) is 0 Å². The van der Waals surface area contributed by atoms with Crippen molar-refractivity contribution in [1.29, 1.82) is 0 Å². The number of nitrogens with one attached hydrogen (secondary N) is 1. The molecule has 1 amide bonds. The van der Waals surface area contributed by atoms with E-state index in [1.165, 1.54) is 18.1 Å². The summed E-state index contributed by atoms with van der Waals surface area (Å²) in [6.45, 7) is 0.776. The minimum Gasteiger partial charge on any atom is -0.504 e. The van der Waals surface area contributed by atoms with Crippen LogP contribution >= 0.6 is 0 Å². The SMILES string of the molecule is COc1cc(C=CC(=O)N2CCc3c([nH]c4ccccc34)C2c2ccc3c(c2)OCO3)ccc1O. The molecule has 2 N–H and O–H groups in total. The van der Waals surface area contributed by atoms with Crippen LogP contribution in [0.2, 0.25) is 0 Å². The number of hydrogen-bond donors (Lipinski definition) is 2. The van der Waals surface area contributed by atoms with Gasteiger partial charge in [0.1, 0.15) is 0 Å². The molecule has 2 aliphatic heterocycles. The molecule has 3 heterocycles. The molecule has 1 aromatic heterocycles. The van der Waals surface area contributed by atoms with E-state index in [1.807, 2.05) is 35.2 Å². The Morgan fingerprint density at radius 3 is 2.86 bits per heavy atom. The van der Waals surface area contributed by atoms with Crippen molar-refractivity contribution in [3.8, 4) is 23.0 Å². The van der Waals surface area contributed by atoms with Crippen LogP contribution in [0.5, 0.6) is 23.0 Å². The molecule has 2 aliphatic rings. The summed E-state index contributed by atoms with van der Waals surface area (Å²) in [5.41, 5.74) is 5.03. The Hall–Kier alpha value is -4.39. The zero-order valence-corrected chi connectivity index (χ0v) is 19.2. The third kappa shape index (κ3) is 3.65. The molecule has 0 radical (unpaired) electrons. The second-order valence-corrected chi connectivity index (χ2v) is 8.62. The molecule has 35 heavy (non-hydrogen) atoms. The molecule has 1 unspecified atom stereocenters. The van der Waals surface area contributed by atoms with E-state index in [2.05, 4.69) is 17.1 Å². The van der Waals surface area contributed by atoms with Crippen LogP contribution in [-0.2, 0) is 11.2 Å².